The molecule has 0 radical (unpaired) electrons. The van der Waals surface area contributed by atoms with Crippen LogP contribution in [0.5, 0.6) is 0 Å². The van der Waals surface area contributed by atoms with Crippen LogP contribution in [0.3, 0.4) is 0 Å². The van der Waals surface area contributed by atoms with Crippen molar-refractivity contribution in [2.24, 2.45) is 4.99 Å². The Balaban J connectivity index is 0.814. The van der Waals surface area contributed by atoms with Crippen LogP contribution in [0.1, 0.15) is 69.5 Å². The molecule has 3 aromatic rings. The van der Waals surface area contributed by atoms with Gasteiger partial charge < -0.3 is 49.7 Å². The summed E-state index contributed by atoms with van der Waals surface area (Å²) in [5.74, 6) is -0.470. The predicted octanol–water partition coefficient (Wildman–Crippen LogP) is -0.304. The third kappa shape index (κ3) is 7.47. The summed E-state index contributed by atoms with van der Waals surface area (Å²) in [4.78, 5) is 55.4. The van der Waals surface area contributed by atoms with E-state index >= 15 is 0 Å². The number of aromatic nitrogens is 6. The van der Waals surface area contributed by atoms with Crippen molar-refractivity contribution in [3.05, 3.63) is 41.6 Å². The zero-order valence-electron chi connectivity index (χ0n) is 27.0. The minimum atomic E-state index is -1.36. The predicted molar refractivity (Wildman–Crippen MR) is 171 cm³/mol. The molecule has 0 unspecified atom stereocenters. The fraction of sp³-hybridized carbons (Fsp3) is 0.581. The molecule has 6 N–H and O–H groups in total. The number of hydrogen-bond donors (Lipinski definition) is 6. The average molecular weight is 701 g/mol. The molecule has 0 bridgehead atoms. The first kappa shape index (κ1) is 35.3. The van der Waals surface area contributed by atoms with Crippen molar-refractivity contribution in [3.63, 3.8) is 0 Å². The Labute approximate surface area is 284 Å². The highest BCUT2D eigenvalue weighted by atomic mass is 16.6. The molecule has 19 nitrogen and oxygen atoms in total. The summed E-state index contributed by atoms with van der Waals surface area (Å²) in [6, 6.07) is 0. The van der Waals surface area contributed by atoms with E-state index in [-0.39, 0.29) is 37.2 Å². The second-order valence-electron chi connectivity index (χ2n) is 12.3. The maximum absolute atomic E-state index is 12.3. The average Bonchev–Trinajstić information content (AvgIpc) is 3.86. The second-order valence-corrected chi connectivity index (χ2v) is 12.3. The smallest absolute Gasteiger partial charge is 0.305 e. The quantitative estimate of drug-likeness (QED) is 0.0878. The minimum absolute atomic E-state index is 0.0606. The molecule has 3 aromatic heterocycles. The van der Waals surface area contributed by atoms with Gasteiger partial charge in [-0.15, -0.1) is 0 Å². The molecule has 8 atom stereocenters. The lowest BCUT2D eigenvalue weighted by molar-refractivity contribution is -0.151. The van der Waals surface area contributed by atoms with Crippen LogP contribution in [0, 0.1) is 0 Å². The van der Waals surface area contributed by atoms with Gasteiger partial charge in [-0.05, 0) is 12.8 Å². The van der Waals surface area contributed by atoms with Crippen molar-refractivity contribution < 1.29 is 49.0 Å². The number of nitrogens with zero attached hydrogens (tertiary/aromatic N) is 6. The van der Waals surface area contributed by atoms with Gasteiger partial charge in [0.15, 0.2) is 29.4 Å². The molecule has 2 fully saturated rings. The van der Waals surface area contributed by atoms with Gasteiger partial charge in [-0.2, -0.15) is 0 Å². The zero-order valence-corrected chi connectivity index (χ0v) is 27.0. The highest BCUT2D eigenvalue weighted by Crippen LogP contribution is 2.36. The van der Waals surface area contributed by atoms with E-state index in [9.17, 15) is 34.8 Å². The number of esters is 2. The van der Waals surface area contributed by atoms with Crippen LogP contribution in [-0.4, -0.2) is 118 Å². The van der Waals surface area contributed by atoms with Crippen LogP contribution in [0.25, 0.3) is 16.9 Å². The lowest BCUT2D eigenvalue weighted by Crippen LogP contribution is -2.34. The number of ether oxygens (including phenoxy) is 4. The second kappa shape index (κ2) is 15.6. The molecule has 3 aliphatic heterocycles. The number of fused-ring (bicyclic) bond motifs is 2. The van der Waals surface area contributed by atoms with Crippen molar-refractivity contribution >= 4 is 41.0 Å². The third-order valence-corrected chi connectivity index (χ3v) is 8.90. The number of aliphatic hydroxyl groups excluding tert-OH is 4. The van der Waals surface area contributed by atoms with Gasteiger partial charge in [-0.25, -0.2) is 19.9 Å². The number of unbranched alkanes of at least 4 members (excludes halogenated alkanes) is 5. The summed E-state index contributed by atoms with van der Waals surface area (Å²) >= 11 is 0. The highest BCUT2D eigenvalue weighted by molar-refractivity contribution is 5.83. The SMILES string of the molecule is C=C1NC=Nc2c1ncn2[C@H]1O[C@@H](COC(=O)CCCCCCCCC(=O)OC[C@H]2O[C@@H](n3cnc4c(=O)[nH]cnc43)[C@@H](O)[C@H]2O)[C@@H](O)[C@@H]1O. The van der Waals surface area contributed by atoms with Crippen molar-refractivity contribution in [3.8, 4) is 0 Å². The Kier molecular flexibility index (Phi) is 11.0. The monoisotopic (exact) mass is 700 g/mol. The van der Waals surface area contributed by atoms with Crippen LogP contribution < -0.4 is 10.9 Å². The van der Waals surface area contributed by atoms with Gasteiger partial charge in [0.05, 0.1) is 31.0 Å². The Morgan fingerprint density at radius 1 is 0.800 bits per heavy atom. The molecule has 0 saturated carbocycles. The van der Waals surface area contributed by atoms with Gasteiger partial charge in [0.2, 0.25) is 0 Å². The van der Waals surface area contributed by atoms with Crippen LogP contribution >= 0.6 is 0 Å². The summed E-state index contributed by atoms with van der Waals surface area (Å²) < 4.78 is 25.0. The van der Waals surface area contributed by atoms with Crippen molar-refractivity contribution in [2.75, 3.05) is 13.2 Å². The molecular weight excluding hydrogens is 660 g/mol. The first-order valence-corrected chi connectivity index (χ1v) is 16.4. The van der Waals surface area contributed by atoms with Crippen LogP contribution in [-0.2, 0) is 28.5 Å². The van der Waals surface area contributed by atoms with E-state index in [0.717, 1.165) is 25.7 Å². The van der Waals surface area contributed by atoms with Gasteiger partial charge in [-0.1, -0.05) is 32.3 Å². The van der Waals surface area contributed by atoms with E-state index in [1.54, 1.807) is 0 Å². The van der Waals surface area contributed by atoms with E-state index < -0.39 is 66.6 Å². The summed E-state index contributed by atoms with van der Waals surface area (Å²) in [5, 5.41) is 44.9. The first-order valence-electron chi connectivity index (χ1n) is 16.4. The lowest BCUT2D eigenvalue weighted by atomic mass is 10.1. The number of aliphatic imine (C=N–C) groups is 1. The number of aliphatic hydroxyl groups is 4. The van der Waals surface area contributed by atoms with Crippen LogP contribution in [0.4, 0.5) is 5.82 Å². The van der Waals surface area contributed by atoms with Crippen molar-refractivity contribution in [1.82, 2.24) is 34.4 Å². The molecular formula is C31H40N8O11. The molecule has 19 heteroatoms. The third-order valence-electron chi connectivity index (χ3n) is 8.90. The zero-order chi connectivity index (χ0) is 35.4. The number of H-pyrrole nitrogens is 1. The summed E-state index contributed by atoms with van der Waals surface area (Å²) in [5.41, 5.74) is 0.828. The molecule has 6 rings (SSSR count). The molecule has 0 aliphatic carbocycles. The molecule has 270 valence electrons. The maximum atomic E-state index is 12.3. The van der Waals surface area contributed by atoms with Crippen LogP contribution in [0.2, 0.25) is 0 Å². The van der Waals surface area contributed by atoms with Gasteiger partial charge in [-0.3, -0.25) is 23.5 Å². The topological polar surface area (TPSA) is 258 Å². The molecule has 50 heavy (non-hydrogen) atoms. The molecule has 2 saturated heterocycles. The lowest BCUT2D eigenvalue weighted by Gasteiger charge is -2.19. The fourth-order valence-electron chi connectivity index (χ4n) is 6.10. The van der Waals surface area contributed by atoms with E-state index in [0.29, 0.717) is 30.1 Å². The highest BCUT2D eigenvalue weighted by Gasteiger charge is 2.46. The molecule has 6 heterocycles. The Morgan fingerprint density at radius 3 is 1.98 bits per heavy atom. The van der Waals surface area contributed by atoms with E-state index in [4.69, 9.17) is 18.9 Å². The number of rotatable bonds is 15. The summed E-state index contributed by atoms with van der Waals surface area (Å²) in [6.07, 6.45) is 1.01. The van der Waals surface area contributed by atoms with Crippen molar-refractivity contribution in [1.29, 1.82) is 0 Å². The number of carbonyl (C=O) groups excluding carboxylic acids is 2. The summed E-state index contributed by atoms with van der Waals surface area (Å²) in [6.45, 7) is 3.38. The van der Waals surface area contributed by atoms with Gasteiger partial charge >= 0.3 is 11.9 Å². The van der Waals surface area contributed by atoms with E-state index in [1.807, 2.05) is 0 Å². The number of hydrogen-bond acceptors (Lipinski definition) is 16. The van der Waals surface area contributed by atoms with Crippen molar-refractivity contribution in [2.45, 2.75) is 100 Å². The molecule has 0 amide bonds. The van der Waals surface area contributed by atoms with Crippen LogP contribution in [0.15, 0.2) is 35.3 Å². The Hall–Kier alpha value is -4.53. The number of aromatic amines is 1. The van der Waals surface area contributed by atoms with Gasteiger partial charge in [0, 0.05) is 12.8 Å². The van der Waals surface area contributed by atoms with Gasteiger partial charge in [0.1, 0.15) is 55.5 Å². The largest absolute Gasteiger partial charge is 0.463 e. The molecule has 0 spiro atoms. The molecule has 3 aliphatic rings. The van der Waals surface area contributed by atoms with Gasteiger partial charge in [0.25, 0.3) is 5.56 Å². The minimum Gasteiger partial charge on any atom is -0.463 e. The Morgan fingerprint density at radius 2 is 1.36 bits per heavy atom. The first-order chi connectivity index (χ1) is 24.1. The fourth-order valence-corrected chi connectivity index (χ4v) is 6.10. The molecule has 0 aromatic carbocycles. The summed E-state index contributed by atoms with van der Waals surface area (Å²) in [7, 11) is 0. The standard InChI is InChI=1S/C31H40N8O11/c1-16-21-27(33-12-32-16)38(14-36-21)30-25(44)23(42)17(49-30)10-47-19(40)8-6-4-2-3-5-7-9-20(41)48-11-18-24(43)26(45)31(50-18)39-15-37-22-28(39)34-13-35-29(22)46/h12-15,17-18,23-26,30-31,42-45H,1-11H2,(H,32,33)(H,34,35,46)/t17-,18+,23+,24-,25-,26-,30-,31+/m0/s1. The number of nitrogens with one attached hydrogen (secondary N) is 2. The maximum Gasteiger partial charge on any atom is 0.305 e. The van der Waals surface area contributed by atoms with E-state index in [1.165, 1.54) is 34.5 Å². The normalized spacial score (nSPS) is 27.4. The Bertz CT molecular complexity index is 1770. The number of imidazole rings is 2. The number of carbonyl (C=O) groups is 2. The van der Waals surface area contributed by atoms with E-state index in [2.05, 4.69) is 36.8 Å².